The molecule has 0 saturated carbocycles. The number of hydrogen-bond acceptors (Lipinski definition) is 3. The van der Waals surface area contributed by atoms with Gasteiger partial charge in [-0.25, -0.2) is 0 Å². The van der Waals surface area contributed by atoms with Crippen LogP contribution < -0.4 is 0 Å². The summed E-state index contributed by atoms with van der Waals surface area (Å²) in [4.78, 5) is 12.8. The van der Waals surface area contributed by atoms with Crippen molar-refractivity contribution < 1.29 is 22.4 Å². The van der Waals surface area contributed by atoms with Crippen LogP contribution in [0.5, 0.6) is 0 Å². The van der Waals surface area contributed by atoms with E-state index >= 15 is 0 Å². The second-order valence-electron chi connectivity index (χ2n) is 4.26. The van der Waals surface area contributed by atoms with Gasteiger partial charge in [0.1, 0.15) is 12.3 Å². The van der Waals surface area contributed by atoms with Crippen LogP contribution in [0, 0.1) is 6.92 Å². The van der Waals surface area contributed by atoms with Crippen LogP contribution in [-0.4, -0.2) is 33.7 Å². The molecule has 0 aliphatic rings. The number of amides is 1. The van der Waals surface area contributed by atoms with Gasteiger partial charge in [-0.1, -0.05) is 0 Å². The number of carbonyl (C=O) groups excluding carboxylic acids is 1. The van der Waals surface area contributed by atoms with E-state index in [0.717, 1.165) is 0 Å². The molecule has 20 heavy (non-hydrogen) atoms. The molecule has 0 aromatic carbocycles. The van der Waals surface area contributed by atoms with Crippen molar-refractivity contribution in [2.75, 3.05) is 6.54 Å². The number of hydrogen-bond donors (Lipinski definition) is 1. The van der Waals surface area contributed by atoms with Crippen molar-refractivity contribution in [2.24, 2.45) is 0 Å². The molecule has 2 rings (SSSR count). The second-order valence-corrected chi connectivity index (χ2v) is 4.26. The van der Waals surface area contributed by atoms with Gasteiger partial charge < -0.3 is 9.32 Å². The first kappa shape index (κ1) is 14.2. The summed E-state index contributed by atoms with van der Waals surface area (Å²) < 4.78 is 42.8. The number of H-pyrrole nitrogens is 1. The summed E-state index contributed by atoms with van der Waals surface area (Å²) in [7, 11) is 0. The number of alkyl halides is 3. The van der Waals surface area contributed by atoms with E-state index in [4.69, 9.17) is 4.42 Å². The Hall–Kier alpha value is -2.25. The zero-order valence-corrected chi connectivity index (χ0v) is 10.6. The molecule has 0 fully saturated rings. The molecule has 0 radical (unpaired) electrons. The topological polar surface area (TPSA) is 62.1 Å². The van der Waals surface area contributed by atoms with Gasteiger partial charge in [-0.05, 0) is 19.1 Å². The van der Waals surface area contributed by atoms with E-state index in [0.29, 0.717) is 10.6 Å². The molecule has 0 unspecified atom stereocenters. The summed E-state index contributed by atoms with van der Waals surface area (Å²) in [5, 5.41) is 6.17. The average molecular weight is 287 g/mol. The number of carbonyl (C=O) groups is 1. The molecule has 0 spiro atoms. The third-order valence-electron chi connectivity index (χ3n) is 2.64. The number of aromatic amines is 1. The van der Waals surface area contributed by atoms with Gasteiger partial charge in [-0.3, -0.25) is 9.89 Å². The Morgan fingerprint density at radius 3 is 2.75 bits per heavy atom. The van der Waals surface area contributed by atoms with Gasteiger partial charge in [-0.15, -0.1) is 0 Å². The minimum atomic E-state index is -4.49. The van der Waals surface area contributed by atoms with Gasteiger partial charge in [0.2, 0.25) is 0 Å². The van der Waals surface area contributed by atoms with Crippen molar-refractivity contribution in [1.29, 1.82) is 0 Å². The molecule has 108 valence electrons. The lowest BCUT2D eigenvalue weighted by molar-refractivity contribution is -0.142. The van der Waals surface area contributed by atoms with Crippen molar-refractivity contribution in [2.45, 2.75) is 19.6 Å². The highest BCUT2D eigenvalue weighted by atomic mass is 19.4. The molecule has 0 bridgehead atoms. The fourth-order valence-corrected chi connectivity index (χ4v) is 1.74. The molecule has 1 N–H and O–H groups in total. The highest BCUT2D eigenvalue weighted by Gasteiger charge is 2.34. The molecule has 2 aromatic heterocycles. The quantitative estimate of drug-likeness (QED) is 0.939. The van der Waals surface area contributed by atoms with E-state index in [9.17, 15) is 18.0 Å². The summed E-state index contributed by atoms with van der Waals surface area (Å²) in [5.41, 5.74) is 0.530. The van der Waals surface area contributed by atoms with Crippen LogP contribution in [0.1, 0.15) is 21.8 Å². The van der Waals surface area contributed by atoms with E-state index in [2.05, 4.69) is 10.2 Å². The summed E-state index contributed by atoms with van der Waals surface area (Å²) in [6.07, 6.45) is -1.93. The fourth-order valence-electron chi connectivity index (χ4n) is 1.74. The number of furan rings is 1. The number of halogens is 3. The standard InChI is InChI=1S/C12H12F3N3O2/c1-8-10(5-16-17-8)11(19)18(7-12(13,14)15)6-9-3-2-4-20-9/h2-5H,6-7H2,1H3,(H,16,17). The third kappa shape index (κ3) is 3.40. The molecule has 0 aliphatic carbocycles. The largest absolute Gasteiger partial charge is 0.467 e. The first-order valence-corrected chi connectivity index (χ1v) is 5.75. The Bertz CT molecular complexity index is 575. The van der Waals surface area contributed by atoms with E-state index in [1.807, 2.05) is 0 Å². The number of nitrogens with zero attached hydrogens (tertiary/aromatic N) is 2. The lowest BCUT2D eigenvalue weighted by atomic mass is 10.2. The second kappa shape index (κ2) is 5.40. The molecule has 0 atom stereocenters. The van der Waals surface area contributed by atoms with Crippen LogP contribution >= 0.6 is 0 Å². The first-order valence-electron chi connectivity index (χ1n) is 5.75. The van der Waals surface area contributed by atoms with Gasteiger partial charge in [0.05, 0.1) is 24.6 Å². The normalized spacial score (nSPS) is 11.6. The zero-order valence-electron chi connectivity index (χ0n) is 10.6. The first-order chi connectivity index (χ1) is 9.37. The Kier molecular flexibility index (Phi) is 3.82. The summed E-state index contributed by atoms with van der Waals surface area (Å²) in [5.74, 6) is -0.464. The number of aryl methyl sites for hydroxylation is 1. The highest BCUT2D eigenvalue weighted by molar-refractivity contribution is 5.95. The maximum absolute atomic E-state index is 12.6. The Morgan fingerprint density at radius 2 is 2.25 bits per heavy atom. The van der Waals surface area contributed by atoms with E-state index in [-0.39, 0.29) is 17.9 Å². The third-order valence-corrected chi connectivity index (χ3v) is 2.64. The van der Waals surface area contributed by atoms with Crippen LogP contribution in [0.15, 0.2) is 29.0 Å². The molecule has 2 aromatic rings. The lowest BCUT2D eigenvalue weighted by Crippen LogP contribution is -2.38. The summed E-state index contributed by atoms with van der Waals surface area (Å²) in [6, 6.07) is 3.06. The smallest absolute Gasteiger partial charge is 0.406 e. The van der Waals surface area contributed by atoms with Gasteiger partial charge in [0.15, 0.2) is 0 Å². The average Bonchev–Trinajstić information content (AvgIpc) is 2.97. The molecule has 2 heterocycles. The minimum absolute atomic E-state index is 0.112. The van der Waals surface area contributed by atoms with Gasteiger partial charge >= 0.3 is 6.18 Å². The van der Waals surface area contributed by atoms with Crippen LogP contribution in [0.25, 0.3) is 0 Å². The Morgan fingerprint density at radius 1 is 1.50 bits per heavy atom. The Balaban J connectivity index is 2.22. The number of aromatic nitrogens is 2. The number of rotatable bonds is 4. The molecule has 0 saturated heterocycles. The van der Waals surface area contributed by atoms with E-state index in [1.165, 1.54) is 18.5 Å². The predicted molar refractivity (Wildman–Crippen MR) is 62.8 cm³/mol. The van der Waals surface area contributed by atoms with Crippen molar-refractivity contribution in [3.05, 3.63) is 41.6 Å². The fraction of sp³-hybridized carbons (Fsp3) is 0.333. The van der Waals surface area contributed by atoms with Crippen LogP contribution in [-0.2, 0) is 6.54 Å². The van der Waals surface area contributed by atoms with E-state index < -0.39 is 18.6 Å². The van der Waals surface area contributed by atoms with Gasteiger partial charge in [0, 0.05) is 5.69 Å². The van der Waals surface area contributed by atoms with Gasteiger partial charge in [-0.2, -0.15) is 18.3 Å². The molecule has 0 aliphatic heterocycles. The van der Waals surface area contributed by atoms with Crippen molar-refractivity contribution >= 4 is 5.91 Å². The molecule has 5 nitrogen and oxygen atoms in total. The zero-order chi connectivity index (χ0) is 14.8. The molecule has 8 heteroatoms. The highest BCUT2D eigenvalue weighted by Crippen LogP contribution is 2.20. The molecule has 1 amide bonds. The molecular formula is C12H12F3N3O2. The maximum Gasteiger partial charge on any atom is 0.406 e. The van der Waals surface area contributed by atoms with Crippen LogP contribution in [0.4, 0.5) is 13.2 Å². The maximum atomic E-state index is 12.6. The van der Waals surface area contributed by atoms with Gasteiger partial charge in [0.25, 0.3) is 5.91 Å². The monoisotopic (exact) mass is 287 g/mol. The van der Waals surface area contributed by atoms with E-state index in [1.54, 1.807) is 13.0 Å². The van der Waals surface area contributed by atoms with Crippen molar-refractivity contribution in [3.8, 4) is 0 Å². The van der Waals surface area contributed by atoms with Crippen LogP contribution in [0.3, 0.4) is 0 Å². The minimum Gasteiger partial charge on any atom is -0.467 e. The van der Waals surface area contributed by atoms with Crippen molar-refractivity contribution in [3.63, 3.8) is 0 Å². The summed E-state index contributed by atoms with van der Waals surface area (Å²) in [6.45, 7) is -0.0357. The summed E-state index contributed by atoms with van der Waals surface area (Å²) >= 11 is 0. The van der Waals surface area contributed by atoms with Crippen LogP contribution in [0.2, 0.25) is 0 Å². The lowest BCUT2D eigenvalue weighted by Gasteiger charge is -2.22. The SMILES string of the molecule is Cc1[nH]ncc1C(=O)N(Cc1ccco1)CC(F)(F)F. The Labute approximate surface area is 112 Å². The number of nitrogens with one attached hydrogen (secondary N) is 1. The predicted octanol–water partition coefficient (Wildman–Crippen LogP) is 2.52. The van der Waals surface area contributed by atoms with Crippen molar-refractivity contribution in [1.82, 2.24) is 15.1 Å². The molecular weight excluding hydrogens is 275 g/mol.